The number of aromatic nitrogens is 3. The Hall–Kier alpha value is -1.56. The average molecular weight is 382 g/mol. The van der Waals surface area contributed by atoms with Crippen molar-refractivity contribution in [2.75, 3.05) is 5.32 Å². The Morgan fingerprint density at radius 1 is 1.21 bits per heavy atom. The van der Waals surface area contributed by atoms with E-state index in [1.165, 1.54) is 6.20 Å². The maximum absolute atomic E-state index is 12.1. The molecule has 7 heteroatoms. The van der Waals surface area contributed by atoms with Crippen LogP contribution in [0.4, 0.5) is 5.69 Å². The van der Waals surface area contributed by atoms with Gasteiger partial charge in [-0.25, -0.2) is 0 Å². The van der Waals surface area contributed by atoms with E-state index in [2.05, 4.69) is 34.2 Å². The molecule has 3 rings (SSSR count). The Bertz CT molecular complexity index is 741. The topological polar surface area (TPSA) is 67.8 Å². The number of carbonyl (C=O) groups excluding carboxylic acids is 1. The molecule has 0 aliphatic heterocycles. The van der Waals surface area contributed by atoms with E-state index in [0.717, 1.165) is 11.0 Å². The van der Waals surface area contributed by atoms with Gasteiger partial charge in [-0.3, -0.25) is 0 Å². The molecule has 2 heterocycles. The van der Waals surface area contributed by atoms with E-state index < -0.39 is 0 Å². The predicted octanol–water partition coefficient (Wildman–Crippen LogP) is 2.10. The zero-order valence-corrected chi connectivity index (χ0v) is 12.8. The SMILES string of the molecule is O=C(Nc1cccc2n[se]nc12)c1ccc(Br)nc1. The molecule has 0 fully saturated rings. The number of hydrogen-bond acceptors (Lipinski definition) is 4. The van der Waals surface area contributed by atoms with Gasteiger partial charge >= 0.3 is 123 Å². The number of hydrogen-bond donors (Lipinski definition) is 1. The van der Waals surface area contributed by atoms with Gasteiger partial charge in [-0.2, -0.15) is 0 Å². The third-order valence-electron chi connectivity index (χ3n) is 2.52. The zero-order valence-electron chi connectivity index (χ0n) is 9.50. The third kappa shape index (κ3) is 2.58. The summed E-state index contributed by atoms with van der Waals surface area (Å²) in [5.74, 6) is -0.206. The average Bonchev–Trinajstić information content (AvgIpc) is 2.89. The van der Waals surface area contributed by atoms with Gasteiger partial charge in [-0.15, -0.1) is 0 Å². The van der Waals surface area contributed by atoms with Crippen LogP contribution in [0.5, 0.6) is 0 Å². The molecular weight excluding hydrogens is 375 g/mol. The van der Waals surface area contributed by atoms with Gasteiger partial charge in [0.15, 0.2) is 0 Å². The van der Waals surface area contributed by atoms with E-state index in [4.69, 9.17) is 0 Å². The summed E-state index contributed by atoms with van der Waals surface area (Å²) in [6.45, 7) is 0. The van der Waals surface area contributed by atoms with Crippen molar-refractivity contribution in [3.8, 4) is 0 Å². The summed E-state index contributed by atoms with van der Waals surface area (Å²) >= 11 is 3.13. The first kappa shape index (κ1) is 12.5. The molecule has 3 aromatic rings. The number of fused-ring (bicyclic) bond motifs is 1. The van der Waals surface area contributed by atoms with Crippen LogP contribution in [0.3, 0.4) is 0 Å². The molecule has 0 bridgehead atoms. The van der Waals surface area contributed by atoms with Crippen LogP contribution in [0.1, 0.15) is 10.4 Å². The molecule has 2 aromatic heterocycles. The summed E-state index contributed by atoms with van der Waals surface area (Å²) in [6, 6.07) is 9.01. The van der Waals surface area contributed by atoms with Crippen molar-refractivity contribution in [3.63, 3.8) is 0 Å². The number of amides is 1. The standard InChI is InChI=1S/C12H7BrN4OSe/c13-10-5-4-7(6-14-10)12(18)15-8-2-1-3-9-11(8)17-19-16-9/h1-6H,(H,15,18). The van der Waals surface area contributed by atoms with E-state index in [9.17, 15) is 4.79 Å². The van der Waals surface area contributed by atoms with Crippen LogP contribution < -0.4 is 5.32 Å². The molecule has 0 spiro atoms. The number of pyridine rings is 1. The van der Waals surface area contributed by atoms with Crippen molar-refractivity contribution in [1.29, 1.82) is 0 Å². The molecule has 19 heavy (non-hydrogen) atoms. The van der Waals surface area contributed by atoms with Gasteiger partial charge in [-0.1, -0.05) is 0 Å². The minimum atomic E-state index is -0.206. The summed E-state index contributed by atoms with van der Waals surface area (Å²) in [6.07, 6.45) is 1.52. The van der Waals surface area contributed by atoms with Crippen LogP contribution in [0.15, 0.2) is 41.1 Å². The second-order valence-electron chi connectivity index (χ2n) is 3.76. The fraction of sp³-hybridized carbons (Fsp3) is 0. The molecule has 1 amide bonds. The van der Waals surface area contributed by atoms with E-state index in [1.54, 1.807) is 12.1 Å². The zero-order chi connectivity index (χ0) is 13.2. The predicted molar refractivity (Wildman–Crippen MR) is 76.4 cm³/mol. The van der Waals surface area contributed by atoms with Crippen LogP contribution >= 0.6 is 15.9 Å². The first-order chi connectivity index (χ1) is 9.24. The Balaban J connectivity index is 1.90. The van der Waals surface area contributed by atoms with Gasteiger partial charge in [0.25, 0.3) is 0 Å². The monoisotopic (exact) mass is 382 g/mol. The third-order valence-corrected chi connectivity index (χ3v) is 4.13. The second kappa shape index (κ2) is 5.20. The molecule has 0 saturated carbocycles. The van der Waals surface area contributed by atoms with Gasteiger partial charge in [0, 0.05) is 0 Å². The second-order valence-corrected chi connectivity index (χ2v) is 5.68. The van der Waals surface area contributed by atoms with Gasteiger partial charge in [0.05, 0.1) is 0 Å². The van der Waals surface area contributed by atoms with Gasteiger partial charge in [0.1, 0.15) is 0 Å². The summed E-state index contributed by atoms with van der Waals surface area (Å²) in [5.41, 5.74) is 2.79. The van der Waals surface area contributed by atoms with Crippen LogP contribution in [-0.2, 0) is 0 Å². The number of rotatable bonds is 2. The van der Waals surface area contributed by atoms with Crippen molar-refractivity contribution < 1.29 is 4.79 Å². The Morgan fingerprint density at radius 2 is 2.11 bits per heavy atom. The number of halogens is 1. The van der Waals surface area contributed by atoms with Gasteiger partial charge in [0.2, 0.25) is 0 Å². The van der Waals surface area contributed by atoms with Crippen LogP contribution in [0.25, 0.3) is 11.0 Å². The minimum absolute atomic E-state index is 0.109. The van der Waals surface area contributed by atoms with Gasteiger partial charge in [-0.05, 0) is 0 Å². The number of benzene rings is 1. The summed E-state index contributed by atoms with van der Waals surface area (Å²) in [4.78, 5) is 16.1. The Labute approximate surface area is 123 Å². The number of anilines is 1. The molecule has 0 atom stereocenters. The number of nitrogens with zero attached hydrogens (tertiary/aromatic N) is 3. The normalized spacial score (nSPS) is 10.6. The molecule has 0 radical (unpaired) electrons. The number of carbonyl (C=O) groups is 1. The fourth-order valence-corrected chi connectivity index (χ4v) is 3.00. The van der Waals surface area contributed by atoms with Crippen molar-refractivity contribution in [2.45, 2.75) is 0 Å². The molecule has 1 N–H and O–H groups in total. The first-order valence-corrected chi connectivity index (χ1v) is 7.71. The molecule has 5 nitrogen and oxygen atoms in total. The molecule has 0 unspecified atom stereocenters. The van der Waals surface area contributed by atoms with Crippen LogP contribution in [0, 0.1) is 0 Å². The molecular formula is C12H7BrN4OSe. The van der Waals surface area contributed by atoms with Crippen molar-refractivity contribution in [2.24, 2.45) is 0 Å². The van der Waals surface area contributed by atoms with E-state index in [0.29, 0.717) is 15.9 Å². The fourth-order valence-electron chi connectivity index (χ4n) is 1.61. The molecule has 0 aliphatic rings. The quantitative estimate of drug-likeness (QED) is 0.545. The summed E-state index contributed by atoms with van der Waals surface area (Å²) in [5, 5.41) is 2.84. The molecule has 94 valence electrons. The maximum atomic E-state index is 12.1. The van der Waals surface area contributed by atoms with Crippen LogP contribution in [0.2, 0.25) is 0 Å². The summed E-state index contributed by atoms with van der Waals surface area (Å²) < 4.78 is 9.29. The van der Waals surface area contributed by atoms with Crippen molar-refractivity contribution in [1.82, 2.24) is 12.9 Å². The first-order valence-electron chi connectivity index (χ1n) is 5.38. The molecule has 0 saturated heterocycles. The van der Waals surface area contributed by atoms with E-state index >= 15 is 0 Å². The summed E-state index contributed by atoms with van der Waals surface area (Å²) in [7, 11) is 0. The molecule has 1 aromatic carbocycles. The van der Waals surface area contributed by atoms with Crippen molar-refractivity contribution >= 4 is 53.5 Å². The molecule has 0 aliphatic carbocycles. The van der Waals surface area contributed by atoms with E-state index in [-0.39, 0.29) is 20.9 Å². The van der Waals surface area contributed by atoms with Gasteiger partial charge < -0.3 is 0 Å². The van der Waals surface area contributed by atoms with Crippen LogP contribution in [-0.4, -0.2) is 33.8 Å². The Morgan fingerprint density at radius 3 is 2.89 bits per heavy atom. The Kier molecular flexibility index (Phi) is 3.42. The number of nitrogens with one attached hydrogen (secondary N) is 1. The van der Waals surface area contributed by atoms with Crippen molar-refractivity contribution in [3.05, 3.63) is 46.7 Å². The van der Waals surface area contributed by atoms with E-state index in [1.807, 2.05) is 18.2 Å².